The van der Waals surface area contributed by atoms with Gasteiger partial charge in [0.15, 0.2) is 11.6 Å². The third-order valence-electron chi connectivity index (χ3n) is 5.82. The maximum absolute atomic E-state index is 15.5. The van der Waals surface area contributed by atoms with Gasteiger partial charge >= 0.3 is 41.6 Å². The van der Waals surface area contributed by atoms with Gasteiger partial charge in [-0.3, -0.25) is 4.68 Å². The van der Waals surface area contributed by atoms with Crippen LogP contribution in [0.4, 0.5) is 13.6 Å². The van der Waals surface area contributed by atoms with E-state index in [1.54, 1.807) is 23.0 Å². The number of carbonyl (C=O) groups is 2. The molecule has 1 aliphatic carbocycles. The molecule has 3 N–H and O–H groups in total. The predicted molar refractivity (Wildman–Crippen MR) is 130 cm³/mol. The quantitative estimate of drug-likeness (QED) is 0.323. The molecule has 1 aliphatic rings. The van der Waals surface area contributed by atoms with E-state index in [1.165, 1.54) is 28.9 Å². The van der Waals surface area contributed by atoms with Gasteiger partial charge < -0.3 is 21.6 Å². The Balaban J connectivity index is 0.00000200. The van der Waals surface area contributed by atoms with Crippen LogP contribution in [0.15, 0.2) is 52.5 Å². The number of hydrogen-bond donors (Lipinski definition) is 2. The van der Waals surface area contributed by atoms with Crippen LogP contribution in [-0.2, 0) is 11.3 Å². The number of aromatic nitrogens is 3. The number of carboxylic acids is 1. The van der Waals surface area contributed by atoms with Crippen LogP contribution in [0.25, 0.3) is 16.6 Å². The fraction of sp³-hybridized carbons (Fsp3) is 0.208. The number of carboxylic acid groups (broad SMARTS) is 1. The molecule has 2 heterocycles. The minimum atomic E-state index is -1.37. The van der Waals surface area contributed by atoms with E-state index in [0.29, 0.717) is 16.0 Å². The summed E-state index contributed by atoms with van der Waals surface area (Å²) in [6.45, 7) is 0.248. The molecule has 13 heteroatoms. The van der Waals surface area contributed by atoms with Crippen molar-refractivity contribution in [3.8, 4) is 5.69 Å². The molecule has 0 spiro atoms. The van der Waals surface area contributed by atoms with Gasteiger partial charge in [0.2, 0.25) is 0 Å². The molecule has 2 aromatic heterocycles. The van der Waals surface area contributed by atoms with Crippen LogP contribution in [0.3, 0.4) is 0 Å². The molecular formula is C24H20ClF2N4NaO4S. The van der Waals surface area contributed by atoms with Gasteiger partial charge in [0, 0.05) is 33.0 Å². The Morgan fingerprint density at radius 3 is 2.68 bits per heavy atom. The summed E-state index contributed by atoms with van der Waals surface area (Å²) in [6, 6.07) is 7.28. The molecule has 1 amide bonds. The first-order chi connectivity index (χ1) is 17.3. The standard InChI is InChI=1S/C24H19ClF2N4O4S.Na.H/c25-16-7-6-15-21(19(16)27)31(13-10-29-30(11-13)8-9-35-24(28)34)20(12-4-5-12)22(15)36-17-3-1-2-14(18(17)26)23(32)33;;/h1-3,6-7,10-12H,4-5,8-9H2,(H2,28,34)(H,32,33);;/q;+1;-1. The maximum Gasteiger partial charge on any atom is 1.00 e. The average molecular weight is 557 g/mol. The molecule has 0 saturated heterocycles. The summed E-state index contributed by atoms with van der Waals surface area (Å²) in [5, 5.41) is 14.1. The fourth-order valence-electron chi connectivity index (χ4n) is 4.10. The Hall–Kier alpha value is -2.57. The van der Waals surface area contributed by atoms with E-state index in [1.807, 2.05) is 0 Å². The van der Waals surface area contributed by atoms with Crippen molar-refractivity contribution < 1.29 is 59.2 Å². The SMILES string of the molecule is NC(=O)OCCn1cc(-n2c(C3CC3)c(Sc3cccc(C(=O)O)c3F)c3ccc(Cl)c(F)c32)cn1.[H-].[Na+]. The first kappa shape index (κ1) is 27.5. The van der Waals surface area contributed by atoms with Gasteiger partial charge in [0.1, 0.15) is 6.61 Å². The normalized spacial score (nSPS) is 12.9. The molecule has 8 nitrogen and oxygen atoms in total. The Bertz CT molecular complexity index is 1530. The average Bonchev–Trinajstić information content (AvgIpc) is 3.47. The monoisotopic (exact) mass is 556 g/mol. The van der Waals surface area contributed by atoms with E-state index in [0.717, 1.165) is 30.3 Å². The molecule has 4 aromatic rings. The zero-order valence-electron chi connectivity index (χ0n) is 20.6. The van der Waals surface area contributed by atoms with Gasteiger partial charge in [-0.05, 0) is 37.1 Å². The van der Waals surface area contributed by atoms with Crippen molar-refractivity contribution in [2.75, 3.05) is 6.61 Å². The van der Waals surface area contributed by atoms with Crippen LogP contribution in [-0.4, -0.2) is 38.1 Å². The number of ether oxygens (including phenoxy) is 1. The molecular weight excluding hydrogens is 537 g/mol. The summed E-state index contributed by atoms with van der Waals surface area (Å²) >= 11 is 7.20. The fourth-order valence-corrected chi connectivity index (χ4v) is 5.45. The Morgan fingerprint density at radius 2 is 2.00 bits per heavy atom. The molecule has 37 heavy (non-hydrogen) atoms. The molecule has 0 radical (unpaired) electrons. The molecule has 1 fully saturated rings. The second kappa shape index (κ2) is 11.0. The molecule has 188 valence electrons. The largest absolute Gasteiger partial charge is 1.00 e. The number of hydrogen-bond acceptors (Lipinski definition) is 5. The first-order valence-electron chi connectivity index (χ1n) is 10.9. The number of nitrogens with two attached hydrogens (primary N) is 1. The van der Waals surface area contributed by atoms with Crippen molar-refractivity contribution >= 4 is 46.3 Å². The Kier molecular flexibility index (Phi) is 8.20. The first-order valence-corrected chi connectivity index (χ1v) is 12.1. The number of benzene rings is 2. The van der Waals surface area contributed by atoms with E-state index in [9.17, 15) is 14.7 Å². The van der Waals surface area contributed by atoms with E-state index in [2.05, 4.69) is 5.10 Å². The van der Waals surface area contributed by atoms with Crippen LogP contribution < -0.4 is 35.3 Å². The zero-order chi connectivity index (χ0) is 25.6. The molecule has 1 saturated carbocycles. The molecule has 0 aliphatic heterocycles. The van der Waals surface area contributed by atoms with Crippen LogP contribution in [0.5, 0.6) is 0 Å². The number of carbonyl (C=O) groups excluding carboxylic acids is 1. The number of amides is 1. The van der Waals surface area contributed by atoms with Crippen LogP contribution in [0.1, 0.15) is 36.2 Å². The number of fused-ring (bicyclic) bond motifs is 1. The molecule has 0 atom stereocenters. The van der Waals surface area contributed by atoms with Crippen LogP contribution in [0, 0.1) is 11.6 Å². The van der Waals surface area contributed by atoms with Gasteiger partial charge in [-0.15, -0.1) is 0 Å². The van der Waals surface area contributed by atoms with Gasteiger partial charge in [-0.25, -0.2) is 18.4 Å². The van der Waals surface area contributed by atoms with Crippen molar-refractivity contribution in [2.24, 2.45) is 5.73 Å². The van der Waals surface area contributed by atoms with E-state index < -0.39 is 29.3 Å². The number of primary amides is 1. The van der Waals surface area contributed by atoms with E-state index in [-0.39, 0.29) is 65.5 Å². The molecule has 2 aromatic carbocycles. The number of aromatic carboxylic acids is 1. The smallest absolute Gasteiger partial charge is 1.00 e. The number of nitrogens with zero attached hydrogens (tertiary/aromatic N) is 3. The van der Waals surface area contributed by atoms with Gasteiger partial charge in [-0.2, -0.15) is 5.10 Å². The van der Waals surface area contributed by atoms with Crippen molar-refractivity contribution in [1.82, 2.24) is 14.3 Å². The zero-order valence-corrected chi connectivity index (χ0v) is 23.2. The third kappa shape index (κ3) is 5.37. The summed E-state index contributed by atoms with van der Waals surface area (Å²) in [7, 11) is 0. The second-order valence-corrected chi connectivity index (χ2v) is 9.69. The summed E-state index contributed by atoms with van der Waals surface area (Å²) in [6.07, 6.45) is 4.05. The van der Waals surface area contributed by atoms with Gasteiger partial charge in [0.05, 0.1) is 34.5 Å². The summed E-state index contributed by atoms with van der Waals surface area (Å²) < 4.78 is 38.6. The molecule has 5 rings (SSSR count). The number of rotatable bonds is 8. The van der Waals surface area contributed by atoms with Crippen molar-refractivity contribution in [3.63, 3.8) is 0 Å². The van der Waals surface area contributed by atoms with Crippen molar-refractivity contribution in [3.05, 3.63) is 70.6 Å². The van der Waals surface area contributed by atoms with Crippen LogP contribution >= 0.6 is 23.4 Å². The predicted octanol–water partition coefficient (Wildman–Crippen LogP) is 2.70. The second-order valence-electron chi connectivity index (χ2n) is 8.24. The van der Waals surface area contributed by atoms with Gasteiger partial charge in [0.25, 0.3) is 0 Å². The van der Waals surface area contributed by atoms with E-state index >= 15 is 8.78 Å². The van der Waals surface area contributed by atoms with Crippen molar-refractivity contribution in [2.45, 2.75) is 35.1 Å². The Labute approximate surface area is 242 Å². The minimum Gasteiger partial charge on any atom is -1.00 e. The topological polar surface area (TPSA) is 112 Å². The van der Waals surface area contributed by atoms with E-state index in [4.69, 9.17) is 22.1 Å². The molecule has 0 bridgehead atoms. The van der Waals surface area contributed by atoms with Crippen molar-refractivity contribution in [1.29, 1.82) is 0 Å². The summed E-state index contributed by atoms with van der Waals surface area (Å²) in [5.74, 6) is -2.77. The molecule has 0 unspecified atom stereocenters. The van der Waals surface area contributed by atoms with Gasteiger partial charge in [-0.1, -0.05) is 29.4 Å². The maximum atomic E-state index is 15.5. The van der Waals surface area contributed by atoms with Crippen LogP contribution in [0.2, 0.25) is 5.02 Å². The summed E-state index contributed by atoms with van der Waals surface area (Å²) in [4.78, 5) is 23.0. The Morgan fingerprint density at radius 1 is 1.24 bits per heavy atom. The third-order valence-corrected chi connectivity index (χ3v) is 7.28. The number of halogens is 3. The summed E-state index contributed by atoms with van der Waals surface area (Å²) in [5.41, 5.74) is 6.09. The minimum absolute atomic E-state index is 0.